The van der Waals surface area contributed by atoms with Crippen molar-refractivity contribution < 1.29 is 25.2 Å². The maximum absolute atomic E-state index is 0. The average Bonchev–Trinajstić information content (AvgIpc) is 0. The molecule has 0 bridgehead atoms. The Balaban J connectivity index is 0. The molecule has 0 nitrogen and oxygen atoms in total. The summed E-state index contributed by atoms with van der Waals surface area (Å²) < 4.78 is 0. The van der Waals surface area contributed by atoms with Gasteiger partial charge in [-0.05, 0) is 0 Å². The van der Waals surface area contributed by atoms with Crippen LogP contribution in [0.5, 0.6) is 0 Å². The summed E-state index contributed by atoms with van der Waals surface area (Å²) in [6.07, 6.45) is 0. The third-order valence-electron chi connectivity index (χ3n) is 0. The summed E-state index contributed by atoms with van der Waals surface area (Å²) in [6.45, 7) is 0. The van der Waals surface area contributed by atoms with Crippen LogP contribution in [0.3, 0.4) is 0 Å². The summed E-state index contributed by atoms with van der Waals surface area (Å²) in [4.78, 5) is 0. The summed E-state index contributed by atoms with van der Waals surface area (Å²) in [5.41, 5.74) is 0. The Kier molecular flexibility index (Phi) is 111. The van der Waals surface area contributed by atoms with E-state index in [0.29, 0.717) is 0 Å². The molecule has 0 aromatic carbocycles. The molecule has 4 heteroatoms. The molecule has 0 saturated carbocycles. The minimum atomic E-state index is 0. The maximum Gasteiger partial charge on any atom is 2.00 e. The summed E-state index contributed by atoms with van der Waals surface area (Å²) >= 11 is 0. The number of hydrogen-bond acceptors (Lipinski definition) is 0. The zero-order chi connectivity index (χ0) is 0. The van der Waals surface area contributed by atoms with Gasteiger partial charge >= 0.3 is 60.8 Å². The van der Waals surface area contributed by atoms with E-state index in [1.165, 1.54) is 0 Å². The molecule has 0 radical (unpaired) electrons. The fraction of sp³-hybridized carbons (Fsp3) is 0. The second-order valence-corrected chi connectivity index (χ2v) is 0. The maximum atomic E-state index is 0. The van der Waals surface area contributed by atoms with Crippen LogP contribution in [0.4, 0.5) is 0 Å². The van der Waals surface area contributed by atoms with E-state index >= 15 is 0 Å². The summed E-state index contributed by atoms with van der Waals surface area (Å²) in [7, 11) is 0. The van der Waals surface area contributed by atoms with Crippen molar-refractivity contribution >= 4 is 78.2 Å². The topological polar surface area (TPSA) is 0 Å². The molecule has 0 rings (SSSR count). The molecular weight excluding hydrogens is 157 g/mol. The molecule has 0 aliphatic heterocycles. The summed E-state index contributed by atoms with van der Waals surface area (Å²) in [5, 5.41) is 0. The molecule has 16 valence electrons. The molecule has 0 aliphatic carbocycles. The van der Waals surface area contributed by atoms with Crippen molar-refractivity contribution in [3.05, 3.63) is 0 Å². The third kappa shape index (κ3) is 8.95. The Labute approximate surface area is 101 Å². The first-order chi connectivity index (χ1) is 0. The van der Waals surface area contributed by atoms with E-state index in [-0.39, 0.29) is 103 Å². The molecule has 0 aromatic heterocycles. The molecule has 0 amide bonds. The van der Waals surface area contributed by atoms with Crippen LogP contribution in [0, 0.1) is 0 Å². The van der Waals surface area contributed by atoms with Crippen LogP contribution in [-0.4, -0.2) is 78.2 Å². The average molecular weight is 164 g/mol. The molecule has 0 fully saturated rings. The predicted molar refractivity (Wildman–Crippen MR) is 25.9 cm³/mol. The van der Waals surface area contributed by atoms with Gasteiger partial charge in [0.1, 0.15) is 0 Å². The molecular formula is H7AlCaMgZn. The van der Waals surface area contributed by atoms with Gasteiger partial charge in [0.2, 0.25) is 0 Å². The van der Waals surface area contributed by atoms with Crippen molar-refractivity contribution in [1.82, 2.24) is 0 Å². The summed E-state index contributed by atoms with van der Waals surface area (Å²) in [5.74, 6) is 0. The number of rotatable bonds is 0. The van der Waals surface area contributed by atoms with Gasteiger partial charge in [-0.2, -0.15) is 0 Å². The summed E-state index contributed by atoms with van der Waals surface area (Å²) in [6, 6.07) is 0. The quantitative estimate of drug-likeness (QED) is 0.382. The van der Waals surface area contributed by atoms with Gasteiger partial charge in [-0.25, -0.2) is 0 Å². The Morgan fingerprint density at radius 3 is 1.25 bits per heavy atom. The molecule has 0 N–H and O–H groups in total. The zero-order valence-electron chi connectivity index (χ0n) is 6.12. The van der Waals surface area contributed by atoms with Crippen LogP contribution < -0.4 is 0 Å². The Morgan fingerprint density at radius 2 is 1.25 bits per heavy atom. The van der Waals surface area contributed by atoms with Crippen LogP contribution in [0.15, 0.2) is 0 Å². The second kappa shape index (κ2) is 16.4. The third-order valence-corrected chi connectivity index (χ3v) is 0. The fourth-order valence-corrected chi connectivity index (χ4v) is 0. The van der Waals surface area contributed by atoms with Crippen LogP contribution in [-0.2, 0) is 19.5 Å². The first-order valence-electron chi connectivity index (χ1n) is 0. The standard InChI is InChI=1S/Al.Ca.Mg.Zn.7H/q;2*+2;;;;;4*-1. The molecule has 0 aromatic rings. The predicted octanol–water partition coefficient (Wildman–Crippen LogP) is -1.50. The van der Waals surface area contributed by atoms with Crippen molar-refractivity contribution in [2.75, 3.05) is 0 Å². The molecule has 0 atom stereocenters. The molecule has 0 aliphatic rings. The van der Waals surface area contributed by atoms with E-state index in [0.717, 1.165) is 0 Å². The fourth-order valence-electron chi connectivity index (χ4n) is 0. The minimum absolute atomic E-state index is 0. The molecule has 0 heterocycles. The van der Waals surface area contributed by atoms with Gasteiger partial charge in [-0.3, -0.25) is 0 Å². The van der Waals surface area contributed by atoms with Gasteiger partial charge in [0, 0.05) is 19.5 Å². The van der Waals surface area contributed by atoms with Crippen molar-refractivity contribution in [3.63, 3.8) is 0 Å². The van der Waals surface area contributed by atoms with E-state index in [4.69, 9.17) is 0 Å². The second-order valence-electron chi connectivity index (χ2n) is 0. The monoisotopic (exact) mass is 162 g/mol. The molecule has 0 spiro atoms. The molecule has 0 unspecified atom stereocenters. The first kappa shape index (κ1) is 27.1. The largest absolute Gasteiger partial charge is 2.00 e. The van der Waals surface area contributed by atoms with Gasteiger partial charge in [-0.1, -0.05) is 0 Å². The van der Waals surface area contributed by atoms with Gasteiger partial charge in [0.25, 0.3) is 0 Å². The Morgan fingerprint density at radius 1 is 1.25 bits per heavy atom. The van der Waals surface area contributed by atoms with Gasteiger partial charge in [0.05, 0.1) is 0 Å². The van der Waals surface area contributed by atoms with Crippen molar-refractivity contribution in [1.29, 1.82) is 0 Å². The Bertz CT molecular complexity index is 16.0. The molecule has 0 saturated heterocycles. The van der Waals surface area contributed by atoms with Crippen LogP contribution >= 0.6 is 0 Å². The first-order valence-corrected chi connectivity index (χ1v) is 0. The Hall–Kier alpha value is 3.18. The smallest absolute Gasteiger partial charge is 1.00 e. The van der Waals surface area contributed by atoms with Gasteiger partial charge in [-0.15, -0.1) is 0 Å². The van der Waals surface area contributed by atoms with Crippen LogP contribution in [0.25, 0.3) is 0 Å². The van der Waals surface area contributed by atoms with E-state index in [1.54, 1.807) is 0 Å². The van der Waals surface area contributed by atoms with Crippen molar-refractivity contribution in [2.24, 2.45) is 0 Å². The van der Waals surface area contributed by atoms with E-state index in [1.807, 2.05) is 0 Å². The van der Waals surface area contributed by atoms with E-state index in [9.17, 15) is 0 Å². The van der Waals surface area contributed by atoms with E-state index in [2.05, 4.69) is 0 Å². The normalized spacial score (nSPS) is 0. The van der Waals surface area contributed by atoms with Crippen molar-refractivity contribution in [3.8, 4) is 0 Å². The zero-order valence-corrected chi connectivity index (χ0v) is 8.71. The van der Waals surface area contributed by atoms with E-state index < -0.39 is 0 Å². The number of hydrogen-bond donors (Lipinski definition) is 0. The van der Waals surface area contributed by atoms with Gasteiger partial charge < -0.3 is 5.71 Å². The van der Waals surface area contributed by atoms with Crippen molar-refractivity contribution in [2.45, 2.75) is 0 Å². The minimum Gasteiger partial charge on any atom is -1.00 e. The SMILES string of the molecule is [AlH3].[Ca+2].[H-].[H-].[H-].[H-].[Mg+2].[Zn]. The molecule has 4 heavy (non-hydrogen) atoms. The van der Waals surface area contributed by atoms with Crippen LogP contribution in [0.1, 0.15) is 5.71 Å². The van der Waals surface area contributed by atoms with Crippen LogP contribution in [0.2, 0.25) is 0 Å². The van der Waals surface area contributed by atoms with Gasteiger partial charge in [0.15, 0.2) is 17.4 Å².